The fourth-order valence-electron chi connectivity index (χ4n) is 4.93. The molecule has 6 aromatic rings. The van der Waals surface area contributed by atoms with E-state index in [-0.39, 0.29) is 5.56 Å². The molecule has 37 heavy (non-hydrogen) atoms. The van der Waals surface area contributed by atoms with Gasteiger partial charge in [0.2, 0.25) is 0 Å². The van der Waals surface area contributed by atoms with Gasteiger partial charge in [-0.3, -0.25) is 13.9 Å². The van der Waals surface area contributed by atoms with Crippen molar-refractivity contribution in [1.82, 2.24) is 24.1 Å². The van der Waals surface area contributed by atoms with Gasteiger partial charge in [0, 0.05) is 5.69 Å². The highest BCUT2D eigenvalue weighted by Crippen LogP contribution is 2.29. The van der Waals surface area contributed by atoms with Gasteiger partial charge in [0.15, 0.2) is 11.3 Å². The number of rotatable bonds is 6. The Bertz CT molecular complexity index is 1810. The minimum absolute atomic E-state index is 0.101. The first-order chi connectivity index (χ1) is 18.0. The maximum atomic E-state index is 14.0. The van der Waals surface area contributed by atoms with Crippen LogP contribution in [-0.4, -0.2) is 24.1 Å². The molecule has 0 fully saturated rings. The van der Waals surface area contributed by atoms with Crippen molar-refractivity contribution >= 4 is 33.2 Å². The van der Waals surface area contributed by atoms with Gasteiger partial charge in [0.25, 0.3) is 5.56 Å². The maximum Gasteiger partial charge on any atom is 0.265 e. The third-order valence-corrected chi connectivity index (χ3v) is 7.03. The van der Waals surface area contributed by atoms with Crippen molar-refractivity contribution in [1.29, 1.82) is 0 Å². The number of para-hydroxylation sites is 2. The summed E-state index contributed by atoms with van der Waals surface area (Å²) in [6, 6.07) is 24.5. The molecule has 0 atom stereocenters. The Balaban J connectivity index is 1.62. The van der Waals surface area contributed by atoms with Crippen molar-refractivity contribution in [3.05, 3.63) is 106 Å². The lowest BCUT2D eigenvalue weighted by atomic mass is 10.1. The van der Waals surface area contributed by atoms with Crippen LogP contribution >= 0.6 is 0 Å². The lowest BCUT2D eigenvalue weighted by Gasteiger charge is -2.12. The summed E-state index contributed by atoms with van der Waals surface area (Å²) in [4.78, 5) is 28.9. The van der Waals surface area contributed by atoms with E-state index in [2.05, 4.69) is 62.4 Å². The van der Waals surface area contributed by atoms with Gasteiger partial charge in [-0.05, 0) is 62.1 Å². The standard InChI is InChI=1S/C31H29N5O/c1-4-5-8-22-15-17-24(18-16-22)36-29-27(28-30(36)34-26-10-7-6-9-25(26)33-28)31(37)35(21(3)32-29)19-23-13-11-20(2)12-14-23/h6-7,9-18H,4-5,8,19H2,1-3H3. The second kappa shape index (κ2) is 9.28. The molecule has 0 aliphatic carbocycles. The normalized spacial score (nSPS) is 11.6. The summed E-state index contributed by atoms with van der Waals surface area (Å²) < 4.78 is 3.72. The number of unbranched alkanes of at least 4 members (excludes halogenated alkanes) is 1. The first kappa shape index (κ1) is 23.1. The zero-order chi connectivity index (χ0) is 25.5. The zero-order valence-electron chi connectivity index (χ0n) is 21.4. The molecule has 0 radical (unpaired) electrons. The van der Waals surface area contributed by atoms with E-state index in [0.717, 1.165) is 41.5 Å². The summed E-state index contributed by atoms with van der Waals surface area (Å²) in [5.74, 6) is 0.659. The van der Waals surface area contributed by atoms with Crippen molar-refractivity contribution < 1.29 is 0 Å². The van der Waals surface area contributed by atoms with Crippen molar-refractivity contribution in [2.45, 2.75) is 46.6 Å². The van der Waals surface area contributed by atoms with Crippen LogP contribution in [0.15, 0.2) is 77.6 Å². The number of hydrogen-bond acceptors (Lipinski definition) is 4. The number of benzene rings is 3. The Morgan fingerprint density at radius 2 is 1.43 bits per heavy atom. The number of fused-ring (bicyclic) bond motifs is 4. The molecule has 184 valence electrons. The Hall–Kier alpha value is -4.32. The van der Waals surface area contributed by atoms with Crippen molar-refractivity contribution in [2.75, 3.05) is 0 Å². The first-order valence-corrected chi connectivity index (χ1v) is 12.9. The maximum absolute atomic E-state index is 14.0. The molecule has 3 heterocycles. The second-order valence-electron chi connectivity index (χ2n) is 9.72. The van der Waals surface area contributed by atoms with Gasteiger partial charge < -0.3 is 0 Å². The highest BCUT2D eigenvalue weighted by molar-refractivity contribution is 6.05. The molecule has 0 aliphatic rings. The average molecular weight is 488 g/mol. The lowest BCUT2D eigenvalue weighted by Crippen LogP contribution is -2.24. The highest BCUT2D eigenvalue weighted by Gasteiger charge is 2.22. The van der Waals surface area contributed by atoms with Gasteiger partial charge in [-0.25, -0.2) is 15.0 Å². The summed E-state index contributed by atoms with van der Waals surface area (Å²) >= 11 is 0. The molecule has 0 unspecified atom stereocenters. The Morgan fingerprint density at radius 3 is 2.14 bits per heavy atom. The van der Waals surface area contributed by atoms with Crippen LogP contribution in [0.1, 0.15) is 42.3 Å². The van der Waals surface area contributed by atoms with E-state index in [0.29, 0.717) is 34.6 Å². The van der Waals surface area contributed by atoms with E-state index in [9.17, 15) is 4.79 Å². The van der Waals surface area contributed by atoms with Crippen LogP contribution in [-0.2, 0) is 13.0 Å². The Morgan fingerprint density at radius 1 is 0.757 bits per heavy atom. The Labute approximate surface area is 215 Å². The smallest absolute Gasteiger partial charge is 0.265 e. The van der Waals surface area contributed by atoms with E-state index < -0.39 is 0 Å². The monoisotopic (exact) mass is 487 g/mol. The molecule has 0 amide bonds. The fraction of sp³-hybridized carbons (Fsp3) is 0.226. The molecule has 0 saturated heterocycles. The van der Waals surface area contributed by atoms with Crippen LogP contribution in [0.2, 0.25) is 0 Å². The predicted octanol–water partition coefficient (Wildman–Crippen LogP) is 6.29. The van der Waals surface area contributed by atoms with E-state index in [1.165, 1.54) is 11.1 Å². The molecule has 6 heteroatoms. The van der Waals surface area contributed by atoms with E-state index in [4.69, 9.17) is 15.0 Å². The van der Waals surface area contributed by atoms with Crippen molar-refractivity contribution in [3.8, 4) is 5.69 Å². The van der Waals surface area contributed by atoms with Crippen LogP contribution in [0.4, 0.5) is 0 Å². The SMILES string of the molecule is CCCCc1ccc(-n2c3nc4ccccc4nc3c3c(=O)n(Cc4ccc(C)cc4)c(C)nc32)cc1. The molecular weight excluding hydrogens is 458 g/mol. The minimum atomic E-state index is -0.101. The second-order valence-corrected chi connectivity index (χ2v) is 9.72. The van der Waals surface area contributed by atoms with Gasteiger partial charge in [-0.15, -0.1) is 0 Å². The van der Waals surface area contributed by atoms with Crippen molar-refractivity contribution in [3.63, 3.8) is 0 Å². The fourth-order valence-corrected chi connectivity index (χ4v) is 4.93. The van der Waals surface area contributed by atoms with E-state index >= 15 is 0 Å². The summed E-state index contributed by atoms with van der Waals surface area (Å²) in [6.07, 6.45) is 3.37. The van der Waals surface area contributed by atoms with Crippen LogP contribution in [0.5, 0.6) is 0 Å². The Kier molecular flexibility index (Phi) is 5.80. The van der Waals surface area contributed by atoms with E-state index in [1.54, 1.807) is 4.57 Å². The summed E-state index contributed by atoms with van der Waals surface area (Å²) in [5.41, 5.74) is 7.73. The summed E-state index contributed by atoms with van der Waals surface area (Å²) in [6.45, 7) is 6.61. The van der Waals surface area contributed by atoms with Gasteiger partial charge in [0.05, 0.1) is 17.6 Å². The predicted molar refractivity (Wildman–Crippen MR) is 150 cm³/mol. The molecular formula is C31H29N5O. The topological polar surface area (TPSA) is 65.6 Å². The molecule has 3 aromatic heterocycles. The quantitative estimate of drug-likeness (QED) is 0.277. The van der Waals surface area contributed by atoms with Crippen molar-refractivity contribution in [2.24, 2.45) is 0 Å². The zero-order valence-corrected chi connectivity index (χ0v) is 21.4. The van der Waals surface area contributed by atoms with Crippen LogP contribution in [0.3, 0.4) is 0 Å². The van der Waals surface area contributed by atoms with Crippen LogP contribution < -0.4 is 5.56 Å². The van der Waals surface area contributed by atoms with Crippen LogP contribution in [0, 0.1) is 13.8 Å². The number of aryl methyl sites for hydroxylation is 3. The van der Waals surface area contributed by atoms with Gasteiger partial charge in [-0.2, -0.15) is 0 Å². The molecule has 6 nitrogen and oxygen atoms in total. The average Bonchev–Trinajstić information content (AvgIpc) is 3.22. The first-order valence-electron chi connectivity index (χ1n) is 12.9. The number of aromatic nitrogens is 5. The molecule has 0 spiro atoms. The van der Waals surface area contributed by atoms with Gasteiger partial charge in [-0.1, -0.05) is 67.4 Å². The summed E-state index contributed by atoms with van der Waals surface area (Å²) in [5, 5.41) is 0.501. The number of nitrogens with zero attached hydrogens (tertiary/aromatic N) is 5. The van der Waals surface area contributed by atoms with Gasteiger partial charge >= 0.3 is 0 Å². The third-order valence-electron chi connectivity index (χ3n) is 7.03. The van der Waals surface area contributed by atoms with Gasteiger partial charge in [0.1, 0.15) is 16.7 Å². The minimum Gasteiger partial charge on any atom is -0.292 e. The summed E-state index contributed by atoms with van der Waals surface area (Å²) in [7, 11) is 0. The lowest BCUT2D eigenvalue weighted by molar-refractivity contribution is 0.711. The molecule has 0 bridgehead atoms. The highest BCUT2D eigenvalue weighted by atomic mass is 16.1. The van der Waals surface area contributed by atoms with Crippen LogP contribution in [0.25, 0.3) is 38.9 Å². The molecule has 0 aliphatic heterocycles. The number of hydrogen-bond donors (Lipinski definition) is 0. The van der Waals surface area contributed by atoms with E-state index in [1.807, 2.05) is 35.8 Å². The molecule has 0 N–H and O–H groups in total. The molecule has 0 saturated carbocycles. The molecule has 3 aromatic carbocycles. The molecule has 6 rings (SSSR count). The third kappa shape index (κ3) is 4.08. The largest absolute Gasteiger partial charge is 0.292 e.